The molecule has 0 radical (unpaired) electrons. The zero-order chi connectivity index (χ0) is 27.3. The molecule has 2 aromatic rings. The van der Waals surface area contributed by atoms with Gasteiger partial charge in [-0.05, 0) is 113 Å². The summed E-state index contributed by atoms with van der Waals surface area (Å²) in [6.45, 7) is 4.88. The van der Waals surface area contributed by atoms with Gasteiger partial charge < -0.3 is 19.3 Å². The Hall–Kier alpha value is -3.24. The van der Waals surface area contributed by atoms with Crippen LogP contribution in [-0.4, -0.2) is 49.9 Å². The molecule has 2 unspecified atom stereocenters. The molecular formula is C33H42N4O3. The van der Waals surface area contributed by atoms with Gasteiger partial charge in [-0.25, -0.2) is 4.79 Å². The number of hydrogen-bond acceptors (Lipinski definition) is 6. The minimum absolute atomic E-state index is 0.0550. The number of amides is 1. The summed E-state index contributed by atoms with van der Waals surface area (Å²) in [5.74, 6) is 1.15. The third-order valence-corrected chi connectivity index (χ3v) is 9.35. The number of ether oxygens (including phenoxy) is 2. The molecule has 0 bridgehead atoms. The second-order valence-electron chi connectivity index (χ2n) is 12.0. The Morgan fingerprint density at radius 1 is 0.975 bits per heavy atom. The fraction of sp³-hybridized carbons (Fsp3) is 0.576. The molecule has 1 N–H and O–H groups in total. The number of nitrogens with one attached hydrogen (secondary N) is 1. The number of anilines is 2. The van der Waals surface area contributed by atoms with Crippen molar-refractivity contribution in [1.82, 2.24) is 4.90 Å². The number of likely N-dealkylation sites (tertiary alicyclic amines) is 1. The number of unbranched alkanes of at least 4 members (excludes halogenated alkanes) is 1. The zero-order valence-corrected chi connectivity index (χ0v) is 23.5. The summed E-state index contributed by atoms with van der Waals surface area (Å²) in [6, 6.07) is 17.2. The highest BCUT2D eigenvalue weighted by Crippen LogP contribution is 2.53. The molecule has 6 rings (SSSR count). The third kappa shape index (κ3) is 5.93. The Labute approximate surface area is 238 Å². The fourth-order valence-corrected chi connectivity index (χ4v) is 6.57. The van der Waals surface area contributed by atoms with Crippen molar-refractivity contribution >= 4 is 17.5 Å². The van der Waals surface area contributed by atoms with Crippen molar-refractivity contribution in [2.45, 2.75) is 82.2 Å². The molecule has 7 nitrogen and oxygen atoms in total. The van der Waals surface area contributed by atoms with E-state index in [0.717, 1.165) is 61.3 Å². The Kier molecular flexibility index (Phi) is 8.43. The van der Waals surface area contributed by atoms with Crippen LogP contribution in [0.4, 0.5) is 16.2 Å². The lowest BCUT2D eigenvalue weighted by molar-refractivity contribution is 0.115. The second-order valence-corrected chi connectivity index (χ2v) is 12.0. The molecule has 40 heavy (non-hydrogen) atoms. The molecule has 0 aromatic heterocycles. The molecule has 4 aliphatic rings. The van der Waals surface area contributed by atoms with Gasteiger partial charge in [-0.1, -0.05) is 24.6 Å². The molecule has 3 fully saturated rings. The molecule has 1 saturated heterocycles. The SMILES string of the molecule is N#CC1c2ccc(OCCCCN3CCCC3)cc2N(C2CCC2)C1c1ccc(NC(=O)OCC2CCC2)cc1. The van der Waals surface area contributed by atoms with Crippen LogP contribution in [0.5, 0.6) is 5.75 Å². The third-order valence-electron chi connectivity index (χ3n) is 9.35. The summed E-state index contributed by atoms with van der Waals surface area (Å²) in [6.07, 6.45) is 11.5. The highest BCUT2D eigenvalue weighted by atomic mass is 16.5. The molecule has 1 amide bonds. The van der Waals surface area contributed by atoms with Gasteiger partial charge in [0, 0.05) is 23.5 Å². The smallest absolute Gasteiger partial charge is 0.411 e. The molecule has 7 heteroatoms. The summed E-state index contributed by atoms with van der Waals surface area (Å²) >= 11 is 0. The Morgan fingerprint density at radius 3 is 2.42 bits per heavy atom. The second kappa shape index (κ2) is 12.5. The number of fused-ring (bicyclic) bond motifs is 1. The normalized spacial score (nSPS) is 22.7. The molecule has 2 atom stereocenters. The molecule has 2 aromatic carbocycles. The first-order valence-electron chi connectivity index (χ1n) is 15.4. The first-order chi connectivity index (χ1) is 19.7. The van der Waals surface area contributed by atoms with Crippen LogP contribution in [0, 0.1) is 17.2 Å². The highest BCUT2D eigenvalue weighted by Gasteiger charge is 2.44. The summed E-state index contributed by atoms with van der Waals surface area (Å²) in [5.41, 5.74) is 4.02. The van der Waals surface area contributed by atoms with Gasteiger partial charge in [-0.3, -0.25) is 5.32 Å². The van der Waals surface area contributed by atoms with Gasteiger partial charge in [-0.15, -0.1) is 0 Å². The molecule has 2 aliphatic carbocycles. The zero-order valence-electron chi connectivity index (χ0n) is 23.5. The molecule has 212 valence electrons. The van der Waals surface area contributed by atoms with E-state index in [2.05, 4.69) is 33.3 Å². The molecule has 0 spiro atoms. The van der Waals surface area contributed by atoms with E-state index in [1.165, 1.54) is 51.7 Å². The Bertz CT molecular complexity index is 1200. The monoisotopic (exact) mass is 542 g/mol. The van der Waals surface area contributed by atoms with Crippen LogP contribution in [-0.2, 0) is 4.74 Å². The highest BCUT2D eigenvalue weighted by molar-refractivity contribution is 5.84. The minimum atomic E-state index is -0.400. The number of carbonyl (C=O) groups excluding carboxylic acids is 1. The van der Waals surface area contributed by atoms with Crippen LogP contribution < -0.4 is 15.0 Å². The molecular weight excluding hydrogens is 500 g/mol. The van der Waals surface area contributed by atoms with Crippen molar-refractivity contribution in [1.29, 1.82) is 5.26 Å². The van der Waals surface area contributed by atoms with E-state index in [0.29, 0.717) is 24.3 Å². The first kappa shape index (κ1) is 27.0. The van der Waals surface area contributed by atoms with E-state index in [4.69, 9.17) is 9.47 Å². The van der Waals surface area contributed by atoms with Crippen LogP contribution in [0.15, 0.2) is 42.5 Å². The average molecular weight is 543 g/mol. The largest absolute Gasteiger partial charge is 0.494 e. The minimum Gasteiger partial charge on any atom is -0.494 e. The number of rotatable bonds is 11. The van der Waals surface area contributed by atoms with E-state index < -0.39 is 6.09 Å². The number of hydrogen-bond donors (Lipinski definition) is 1. The maximum absolute atomic E-state index is 12.2. The van der Waals surface area contributed by atoms with Crippen molar-refractivity contribution in [3.63, 3.8) is 0 Å². The summed E-state index contributed by atoms with van der Waals surface area (Å²) in [4.78, 5) is 17.3. The maximum atomic E-state index is 12.2. The number of nitriles is 1. The number of carbonyl (C=O) groups is 1. The van der Waals surface area contributed by atoms with Crippen LogP contribution in [0.25, 0.3) is 0 Å². The van der Waals surface area contributed by atoms with Crippen molar-refractivity contribution < 1.29 is 14.3 Å². The van der Waals surface area contributed by atoms with Crippen molar-refractivity contribution in [2.24, 2.45) is 5.92 Å². The van der Waals surface area contributed by atoms with E-state index in [1.54, 1.807) is 0 Å². The van der Waals surface area contributed by atoms with Gasteiger partial charge in [0.2, 0.25) is 0 Å². The van der Waals surface area contributed by atoms with E-state index in [-0.39, 0.29) is 12.0 Å². The van der Waals surface area contributed by atoms with E-state index in [1.807, 2.05) is 30.3 Å². The van der Waals surface area contributed by atoms with E-state index >= 15 is 0 Å². The summed E-state index contributed by atoms with van der Waals surface area (Å²) < 4.78 is 11.6. The number of nitrogens with zero attached hydrogens (tertiary/aromatic N) is 3. The first-order valence-corrected chi connectivity index (χ1v) is 15.4. The maximum Gasteiger partial charge on any atom is 0.411 e. The van der Waals surface area contributed by atoms with Crippen molar-refractivity contribution in [3.8, 4) is 11.8 Å². The Balaban J connectivity index is 1.12. The van der Waals surface area contributed by atoms with Gasteiger partial charge in [-0.2, -0.15) is 5.26 Å². The predicted octanol–water partition coefficient (Wildman–Crippen LogP) is 7.01. The molecule has 2 aliphatic heterocycles. The van der Waals surface area contributed by atoms with Crippen LogP contribution in [0.1, 0.15) is 87.3 Å². The fourth-order valence-electron chi connectivity index (χ4n) is 6.57. The topological polar surface area (TPSA) is 77.8 Å². The van der Waals surface area contributed by atoms with Gasteiger partial charge in [0.15, 0.2) is 0 Å². The molecule has 2 heterocycles. The predicted molar refractivity (Wildman–Crippen MR) is 157 cm³/mol. The van der Waals surface area contributed by atoms with Crippen LogP contribution in [0.3, 0.4) is 0 Å². The lowest BCUT2D eigenvalue weighted by Crippen LogP contribution is -2.41. The van der Waals surface area contributed by atoms with Crippen LogP contribution >= 0.6 is 0 Å². The van der Waals surface area contributed by atoms with Crippen molar-refractivity contribution in [2.75, 3.05) is 43.1 Å². The average Bonchev–Trinajstić information content (AvgIpc) is 3.53. The van der Waals surface area contributed by atoms with Gasteiger partial charge in [0.05, 0.1) is 31.2 Å². The van der Waals surface area contributed by atoms with Gasteiger partial charge in [0.1, 0.15) is 5.75 Å². The lowest BCUT2D eigenvalue weighted by atomic mass is 9.86. The number of benzene rings is 2. The Morgan fingerprint density at radius 2 is 1.75 bits per heavy atom. The molecule has 2 saturated carbocycles. The lowest BCUT2D eigenvalue weighted by Gasteiger charge is -2.41. The van der Waals surface area contributed by atoms with Crippen LogP contribution in [0.2, 0.25) is 0 Å². The standard InChI is InChI=1S/C33H42N4O3/c34-22-30-29-16-15-28(39-20-4-3-19-36-17-1-2-18-36)21-31(29)37(27-9-6-10-27)32(30)25-11-13-26(14-12-25)35-33(38)40-23-24-7-5-8-24/h11-16,21,24,27,30,32H,1-10,17-20,23H2,(H,35,38). The van der Waals surface area contributed by atoms with Crippen molar-refractivity contribution in [3.05, 3.63) is 53.6 Å². The van der Waals surface area contributed by atoms with Gasteiger partial charge >= 0.3 is 6.09 Å². The summed E-state index contributed by atoms with van der Waals surface area (Å²) in [5, 5.41) is 13.2. The summed E-state index contributed by atoms with van der Waals surface area (Å²) in [7, 11) is 0. The quantitative estimate of drug-likeness (QED) is 0.308. The van der Waals surface area contributed by atoms with E-state index in [9.17, 15) is 10.1 Å². The van der Waals surface area contributed by atoms with Gasteiger partial charge in [0.25, 0.3) is 0 Å².